The van der Waals surface area contributed by atoms with Crippen LogP contribution in [0.5, 0.6) is 11.5 Å². The normalized spacial score (nSPS) is 12.2. The average molecular weight is 354 g/mol. The number of aromatic nitrogens is 2. The van der Waals surface area contributed by atoms with Gasteiger partial charge in [-0.25, -0.2) is 9.18 Å². The van der Waals surface area contributed by atoms with Gasteiger partial charge in [0.25, 0.3) is 0 Å². The molecule has 4 rings (SSSR count). The Hall–Kier alpha value is -3.35. The van der Waals surface area contributed by atoms with Gasteiger partial charge in [-0.2, -0.15) is 5.10 Å². The molecule has 6 nitrogen and oxygen atoms in total. The van der Waals surface area contributed by atoms with Crippen molar-refractivity contribution in [2.45, 2.75) is 13.5 Å². The molecule has 0 saturated carbocycles. The number of nitrogens with zero attached hydrogens (tertiary/aromatic N) is 1. The van der Waals surface area contributed by atoms with Crippen LogP contribution in [0.2, 0.25) is 0 Å². The summed E-state index contributed by atoms with van der Waals surface area (Å²) in [4.78, 5) is 12.4. The Balaban J connectivity index is 1.52. The number of ether oxygens (including phenoxy) is 3. The summed E-state index contributed by atoms with van der Waals surface area (Å²) >= 11 is 0. The number of hydrogen-bond acceptors (Lipinski definition) is 5. The number of carbonyl (C=O) groups is 1. The Morgan fingerprint density at radius 1 is 1.23 bits per heavy atom. The molecule has 0 spiro atoms. The lowest BCUT2D eigenvalue weighted by atomic mass is 10.1. The molecule has 0 amide bonds. The van der Waals surface area contributed by atoms with E-state index in [-0.39, 0.29) is 24.8 Å². The molecule has 0 unspecified atom stereocenters. The maximum absolute atomic E-state index is 13.6. The SMILES string of the molecule is Cc1ccc(COC(=O)c2cn[nH]c2-c2ccc3c(c2)OCO3)cc1F. The van der Waals surface area contributed by atoms with Crippen molar-refractivity contribution in [3.8, 4) is 22.8 Å². The minimum atomic E-state index is -0.549. The van der Waals surface area contributed by atoms with E-state index in [9.17, 15) is 9.18 Å². The third-order valence-electron chi connectivity index (χ3n) is 4.13. The number of fused-ring (bicyclic) bond motifs is 1. The van der Waals surface area contributed by atoms with Crippen molar-refractivity contribution >= 4 is 5.97 Å². The summed E-state index contributed by atoms with van der Waals surface area (Å²) < 4.78 is 29.5. The second kappa shape index (κ2) is 6.51. The zero-order valence-corrected chi connectivity index (χ0v) is 13.9. The quantitative estimate of drug-likeness (QED) is 0.725. The van der Waals surface area contributed by atoms with Crippen LogP contribution in [0.25, 0.3) is 11.3 Å². The summed E-state index contributed by atoms with van der Waals surface area (Å²) in [6.07, 6.45) is 1.40. The Morgan fingerprint density at radius 2 is 2.08 bits per heavy atom. The zero-order chi connectivity index (χ0) is 18.1. The van der Waals surface area contributed by atoms with Gasteiger partial charge in [0, 0.05) is 5.56 Å². The maximum atomic E-state index is 13.6. The van der Waals surface area contributed by atoms with Gasteiger partial charge < -0.3 is 14.2 Å². The molecule has 1 aromatic heterocycles. The lowest BCUT2D eigenvalue weighted by Gasteiger charge is -2.07. The molecule has 0 fully saturated rings. The minimum Gasteiger partial charge on any atom is -0.457 e. The van der Waals surface area contributed by atoms with Gasteiger partial charge >= 0.3 is 5.97 Å². The van der Waals surface area contributed by atoms with Crippen LogP contribution >= 0.6 is 0 Å². The van der Waals surface area contributed by atoms with Gasteiger partial charge in [-0.05, 0) is 42.3 Å². The van der Waals surface area contributed by atoms with E-state index in [0.717, 1.165) is 5.56 Å². The summed E-state index contributed by atoms with van der Waals surface area (Å²) in [5.41, 5.74) is 2.65. The lowest BCUT2D eigenvalue weighted by Crippen LogP contribution is -2.06. The molecule has 0 saturated heterocycles. The fourth-order valence-corrected chi connectivity index (χ4v) is 2.67. The number of carbonyl (C=O) groups excluding carboxylic acids is 1. The number of aromatic amines is 1. The van der Waals surface area contributed by atoms with E-state index in [4.69, 9.17) is 14.2 Å². The van der Waals surface area contributed by atoms with Crippen LogP contribution in [-0.4, -0.2) is 23.0 Å². The predicted octanol–water partition coefficient (Wildman–Crippen LogP) is 3.61. The monoisotopic (exact) mass is 354 g/mol. The van der Waals surface area contributed by atoms with Gasteiger partial charge in [0.05, 0.1) is 11.9 Å². The molecule has 2 heterocycles. The molecular weight excluding hydrogens is 339 g/mol. The number of esters is 1. The summed E-state index contributed by atoms with van der Waals surface area (Å²) in [6, 6.07) is 10.1. The Morgan fingerprint density at radius 3 is 2.92 bits per heavy atom. The largest absolute Gasteiger partial charge is 0.457 e. The number of H-pyrrole nitrogens is 1. The van der Waals surface area contributed by atoms with Crippen molar-refractivity contribution in [2.75, 3.05) is 6.79 Å². The molecule has 0 atom stereocenters. The number of halogens is 1. The molecule has 132 valence electrons. The van der Waals surface area contributed by atoms with E-state index in [2.05, 4.69) is 10.2 Å². The van der Waals surface area contributed by atoms with E-state index >= 15 is 0 Å². The van der Waals surface area contributed by atoms with Crippen molar-refractivity contribution in [3.05, 3.63) is 65.1 Å². The Bertz CT molecular complexity index is 983. The first-order valence-electron chi connectivity index (χ1n) is 7.97. The second-order valence-electron chi connectivity index (χ2n) is 5.89. The maximum Gasteiger partial charge on any atom is 0.342 e. The molecule has 1 N–H and O–H groups in total. The van der Waals surface area contributed by atoms with Gasteiger partial charge in [-0.1, -0.05) is 12.1 Å². The molecule has 3 aromatic rings. The number of rotatable bonds is 4. The van der Waals surface area contributed by atoms with Gasteiger partial charge in [-0.15, -0.1) is 0 Å². The standard InChI is InChI=1S/C19H15FN2O4/c1-11-2-3-12(6-15(11)20)9-24-19(23)14-8-21-22-18(14)13-4-5-16-17(7-13)26-10-25-16/h2-8H,9-10H2,1H3,(H,21,22). The van der Waals surface area contributed by atoms with Crippen LogP contribution in [0.4, 0.5) is 4.39 Å². The molecule has 0 aliphatic carbocycles. The third kappa shape index (κ3) is 2.99. The highest BCUT2D eigenvalue weighted by molar-refractivity contribution is 5.96. The van der Waals surface area contributed by atoms with E-state index < -0.39 is 5.97 Å². The van der Waals surface area contributed by atoms with Crippen molar-refractivity contribution in [2.24, 2.45) is 0 Å². The van der Waals surface area contributed by atoms with Gasteiger partial charge in [0.1, 0.15) is 18.0 Å². The van der Waals surface area contributed by atoms with Gasteiger partial charge in [0.2, 0.25) is 6.79 Å². The first kappa shape index (κ1) is 16.1. The van der Waals surface area contributed by atoms with Crippen LogP contribution in [0.3, 0.4) is 0 Å². The van der Waals surface area contributed by atoms with Crippen LogP contribution in [-0.2, 0) is 11.3 Å². The van der Waals surface area contributed by atoms with Crippen molar-refractivity contribution in [3.63, 3.8) is 0 Å². The summed E-state index contributed by atoms with van der Waals surface area (Å²) in [7, 11) is 0. The predicted molar refractivity (Wildman–Crippen MR) is 90.4 cm³/mol. The first-order chi connectivity index (χ1) is 12.6. The summed E-state index contributed by atoms with van der Waals surface area (Å²) in [5.74, 6) is 0.376. The van der Waals surface area contributed by atoms with E-state index in [1.165, 1.54) is 12.3 Å². The summed E-state index contributed by atoms with van der Waals surface area (Å²) in [5, 5.41) is 6.74. The number of aryl methyl sites for hydroxylation is 1. The molecule has 1 aliphatic rings. The lowest BCUT2D eigenvalue weighted by molar-refractivity contribution is 0.0473. The molecule has 2 aromatic carbocycles. The molecule has 7 heteroatoms. The Labute approximate surface area is 148 Å². The topological polar surface area (TPSA) is 73.4 Å². The highest BCUT2D eigenvalue weighted by atomic mass is 19.1. The fraction of sp³-hybridized carbons (Fsp3) is 0.158. The average Bonchev–Trinajstić information content (AvgIpc) is 3.30. The third-order valence-corrected chi connectivity index (χ3v) is 4.13. The summed E-state index contributed by atoms with van der Waals surface area (Å²) in [6.45, 7) is 1.82. The highest BCUT2D eigenvalue weighted by Gasteiger charge is 2.20. The molecule has 0 radical (unpaired) electrons. The van der Waals surface area contributed by atoms with Crippen molar-refractivity contribution in [1.29, 1.82) is 0 Å². The van der Waals surface area contributed by atoms with Gasteiger partial charge in [-0.3, -0.25) is 5.10 Å². The molecule has 26 heavy (non-hydrogen) atoms. The first-order valence-corrected chi connectivity index (χ1v) is 7.97. The van der Waals surface area contributed by atoms with Crippen LogP contribution in [0.15, 0.2) is 42.6 Å². The van der Waals surface area contributed by atoms with Crippen molar-refractivity contribution in [1.82, 2.24) is 10.2 Å². The number of hydrogen-bond donors (Lipinski definition) is 1. The fourth-order valence-electron chi connectivity index (χ4n) is 2.67. The smallest absolute Gasteiger partial charge is 0.342 e. The van der Waals surface area contributed by atoms with Crippen LogP contribution in [0, 0.1) is 12.7 Å². The number of benzene rings is 2. The van der Waals surface area contributed by atoms with Crippen molar-refractivity contribution < 1.29 is 23.4 Å². The minimum absolute atomic E-state index is 0.0260. The van der Waals surface area contributed by atoms with E-state index in [0.29, 0.717) is 28.3 Å². The Kier molecular flexibility index (Phi) is 4.04. The zero-order valence-electron chi connectivity index (χ0n) is 13.9. The van der Waals surface area contributed by atoms with E-state index in [1.807, 2.05) is 0 Å². The highest BCUT2D eigenvalue weighted by Crippen LogP contribution is 2.36. The number of nitrogens with one attached hydrogen (secondary N) is 1. The molecular formula is C19H15FN2O4. The van der Waals surface area contributed by atoms with E-state index in [1.54, 1.807) is 37.3 Å². The molecule has 1 aliphatic heterocycles. The van der Waals surface area contributed by atoms with Crippen LogP contribution < -0.4 is 9.47 Å². The second-order valence-corrected chi connectivity index (χ2v) is 5.89. The molecule has 0 bridgehead atoms. The van der Waals surface area contributed by atoms with Crippen LogP contribution in [0.1, 0.15) is 21.5 Å². The van der Waals surface area contributed by atoms with Gasteiger partial charge in [0.15, 0.2) is 11.5 Å².